The van der Waals surface area contributed by atoms with Gasteiger partial charge in [-0.1, -0.05) is 20.8 Å². The van der Waals surface area contributed by atoms with Crippen molar-refractivity contribution in [3.05, 3.63) is 23.2 Å². The van der Waals surface area contributed by atoms with Crippen LogP contribution in [0.1, 0.15) is 49.6 Å². The second kappa shape index (κ2) is 5.77. The van der Waals surface area contributed by atoms with Gasteiger partial charge in [0.25, 0.3) is 0 Å². The Hall–Kier alpha value is -1.98. The molecule has 0 aliphatic heterocycles. The highest BCUT2D eigenvalue weighted by molar-refractivity contribution is 5.90. The maximum atomic E-state index is 11.8. The number of urea groups is 1. The fourth-order valence-corrected chi connectivity index (χ4v) is 1.48. The third-order valence-electron chi connectivity index (χ3n) is 2.47. The van der Waals surface area contributed by atoms with Gasteiger partial charge in [-0.05, 0) is 13.0 Å². The van der Waals surface area contributed by atoms with Gasteiger partial charge in [0.15, 0.2) is 0 Å². The standard InChI is InChI=1S/C13H20N2O4/c1-5-18-11(16)8-6-10(13(2,3)4)19-9(8)7-15-12(14)17/h6H,5,7H2,1-4H3,(H3,14,15,17). The van der Waals surface area contributed by atoms with Gasteiger partial charge in [-0.2, -0.15) is 0 Å². The highest BCUT2D eigenvalue weighted by atomic mass is 16.5. The fraction of sp³-hybridized carbons (Fsp3) is 0.538. The van der Waals surface area contributed by atoms with Crippen molar-refractivity contribution in [3.8, 4) is 0 Å². The van der Waals surface area contributed by atoms with Crippen molar-refractivity contribution in [2.24, 2.45) is 5.73 Å². The summed E-state index contributed by atoms with van der Waals surface area (Å²) < 4.78 is 10.6. The molecule has 1 rings (SSSR count). The highest BCUT2D eigenvalue weighted by Gasteiger charge is 2.25. The maximum Gasteiger partial charge on any atom is 0.341 e. The summed E-state index contributed by atoms with van der Waals surface area (Å²) >= 11 is 0. The number of nitrogens with two attached hydrogens (primary N) is 1. The zero-order valence-electron chi connectivity index (χ0n) is 11.7. The summed E-state index contributed by atoms with van der Waals surface area (Å²) in [6.07, 6.45) is 0. The predicted molar refractivity (Wildman–Crippen MR) is 69.8 cm³/mol. The summed E-state index contributed by atoms with van der Waals surface area (Å²) in [6, 6.07) is 0.972. The lowest BCUT2D eigenvalue weighted by Crippen LogP contribution is -2.29. The van der Waals surface area contributed by atoms with Gasteiger partial charge in [-0.3, -0.25) is 0 Å². The Morgan fingerprint density at radius 2 is 2.05 bits per heavy atom. The Balaban J connectivity index is 3.07. The number of primary amides is 1. The van der Waals surface area contributed by atoms with E-state index in [1.54, 1.807) is 13.0 Å². The molecule has 0 radical (unpaired) electrons. The lowest BCUT2D eigenvalue weighted by molar-refractivity contribution is 0.0523. The van der Waals surface area contributed by atoms with Crippen molar-refractivity contribution in [2.75, 3.05) is 6.61 Å². The molecule has 106 valence electrons. The molecule has 3 N–H and O–H groups in total. The number of esters is 1. The largest absolute Gasteiger partial charge is 0.463 e. The van der Waals surface area contributed by atoms with Gasteiger partial charge >= 0.3 is 12.0 Å². The second-order valence-electron chi connectivity index (χ2n) is 5.14. The predicted octanol–water partition coefficient (Wildman–Crippen LogP) is 1.92. The number of ether oxygens (including phenoxy) is 1. The van der Waals surface area contributed by atoms with Crippen molar-refractivity contribution in [3.63, 3.8) is 0 Å². The molecule has 2 amide bonds. The fourth-order valence-electron chi connectivity index (χ4n) is 1.48. The number of amides is 2. The van der Waals surface area contributed by atoms with E-state index in [2.05, 4.69) is 5.32 Å². The lowest BCUT2D eigenvalue weighted by atomic mass is 9.93. The van der Waals surface area contributed by atoms with Crippen LogP contribution in [0.15, 0.2) is 10.5 Å². The summed E-state index contributed by atoms with van der Waals surface area (Å²) in [5.41, 5.74) is 5.09. The lowest BCUT2D eigenvalue weighted by Gasteiger charge is -2.14. The Morgan fingerprint density at radius 1 is 1.42 bits per heavy atom. The minimum absolute atomic E-state index is 0.0551. The van der Waals surface area contributed by atoms with E-state index in [1.165, 1.54) is 0 Å². The van der Waals surface area contributed by atoms with Crippen molar-refractivity contribution in [1.29, 1.82) is 0 Å². The van der Waals surface area contributed by atoms with Crippen LogP contribution >= 0.6 is 0 Å². The van der Waals surface area contributed by atoms with Crippen molar-refractivity contribution in [1.82, 2.24) is 5.32 Å². The van der Waals surface area contributed by atoms with Crippen molar-refractivity contribution >= 4 is 12.0 Å². The van der Waals surface area contributed by atoms with Gasteiger partial charge in [-0.15, -0.1) is 0 Å². The number of carbonyl (C=O) groups is 2. The highest BCUT2D eigenvalue weighted by Crippen LogP contribution is 2.27. The second-order valence-corrected chi connectivity index (χ2v) is 5.14. The van der Waals surface area contributed by atoms with E-state index in [-0.39, 0.29) is 18.6 Å². The van der Waals surface area contributed by atoms with Gasteiger partial charge in [0.1, 0.15) is 17.1 Å². The number of hydrogen-bond acceptors (Lipinski definition) is 4. The van der Waals surface area contributed by atoms with E-state index in [0.29, 0.717) is 17.1 Å². The quantitative estimate of drug-likeness (QED) is 0.815. The molecule has 1 aromatic rings. The third-order valence-corrected chi connectivity index (χ3v) is 2.47. The van der Waals surface area contributed by atoms with E-state index in [0.717, 1.165) is 0 Å². The molecule has 0 atom stereocenters. The van der Waals surface area contributed by atoms with E-state index in [9.17, 15) is 9.59 Å². The number of furan rings is 1. The molecule has 0 saturated carbocycles. The normalized spacial score (nSPS) is 11.2. The first kappa shape index (κ1) is 15.1. The van der Waals surface area contributed by atoms with E-state index in [1.807, 2.05) is 20.8 Å². The summed E-state index contributed by atoms with van der Waals surface area (Å²) in [5.74, 6) is 0.530. The Kier molecular flexibility index (Phi) is 4.58. The van der Waals surface area contributed by atoms with Crippen LogP contribution in [-0.2, 0) is 16.7 Å². The molecule has 0 aromatic carbocycles. The topological polar surface area (TPSA) is 94.6 Å². The monoisotopic (exact) mass is 268 g/mol. The molecule has 0 aliphatic carbocycles. The van der Waals surface area contributed by atoms with Crippen LogP contribution in [0, 0.1) is 0 Å². The van der Waals surface area contributed by atoms with Crippen LogP contribution in [0.3, 0.4) is 0 Å². The van der Waals surface area contributed by atoms with Crippen LogP contribution in [0.5, 0.6) is 0 Å². The van der Waals surface area contributed by atoms with Crippen molar-refractivity contribution < 1.29 is 18.7 Å². The van der Waals surface area contributed by atoms with Gasteiger partial charge in [0.2, 0.25) is 0 Å². The first-order valence-corrected chi connectivity index (χ1v) is 6.09. The third kappa shape index (κ3) is 4.01. The molecule has 0 saturated heterocycles. The SMILES string of the molecule is CCOC(=O)c1cc(C(C)(C)C)oc1CNC(N)=O. The van der Waals surface area contributed by atoms with E-state index >= 15 is 0 Å². The smallest absolute Gasteiger partial charge is 0.341 e. The first-order valence-electron chi connectivity index (χ1n) is 6.09. The molecule has 0 fully saturated rings. The summed E-state index contributed by atoms with van der Waals surface area (Å²) in [6.45, 7) is 7.95. The number of carbonyl (C=O) groups excluding carboxylic acids is 2. The van der Waals surface area contributed by atoms with E-state index < -0.39 is 12.0 Å². The zero-order chi connectivity index (χ0) is 14.6. The van der Waals surface area contributed by atoms with Crippen LogP contribution < -0.4 is 11.1 Å². The van der Waals surface area contributed by atoms with Gasteiger partial charge in [-0.25, -0.2) is 9.59 Å². The average Bonchev–Trinajstić information content (AvgIpc) is 2.70. The van der Waals surface area contributed by atoms with Crippen LogP contribution in [-0.4, -0.2) is 18.6 Å². The number of rotatable bonds is 4. The minimum Gasteiger partial charge on any atom is -0.463 e. The van der Waals surface area contributed by atoms with Gasteiger partial charge in [0, 0.05) is 5.41 Å². The molecule has 0 unspecified atom stereocenters. The molecule has 0 bridgehead atoms. The van der Waals surface area contributed by atoms with Gasteiger partial charge in [0.05, 0.1) is 13.2 Å². The Bertz CT molecular complexity index is 471. The molecular weight excluding hydrogens is 248 g/mol. The Labute approximate surface area is 112 Å². The molecule has 6 heteroatoms. The Morgan fingerprint density at radius 3 is 2.53 bits per heavy atom. The molecule has 6 nitrogen and oxygen atoms in total. The average molecular weight is 268 g/mol. The maximum absolute atomic E-state index is 11.8. The molecule has 1 heterocycles. The summed E-state index contributed by atoms with van der Waals surface area (Å²) in [5, 5.41) is 2.40. The van der Waals surface area contributed by atoms with Crippen LogP contribution in [0.25, 0.3) is 0 Å². The number of hydrogen-bond donors (Lipinski definition) is 2. The van der Waals surface area contributed by atoms with Crippen molar-refractivity contribution in [2.45, 2.75) is 39.7 Å². The molecule has 1 aromatic heterocycles. The molecule has 0 aliphatic rings. The summed E-state index contributed by atoms with van der Waals surface area (Å²) in [7, 11) is 0. The van der Waals surface area contributed by atoms with Gasteiger partial charge < -0.3 is 20.2 Å². The van der Waals surface area contributed by atoms with Crippen LogP contribution in [0.4, 0.5) is 4.79 Å². The van der Waals surface area contributed by atoms with Crippen LogP contribution in [0.2, 0.25) is 0 Å². The number of nitrogens with one attached hydrogen (secondary N) is 1. The van der Waals surface area contributed by atoms with E-state index in [4.69, 9.17) is 14.9 Å². The summed E-state index contributed by atoms with van der Waals surface area (Å²) in [4.78, 5) is 22.6. The zero-order valence-corrected chi connectivity index (χ0v) is 11.7. The minimum atomic E-state index is -0.677. The molecule has 0 spiro atoms. The first-order chi connectivity index (χ1) is 8.75. The molecule has 19 heavy (non-hydrogen) atoms. The molecular formula is C13H20N2O4.